The molecule has 5 nitrogen and oxygen atoms in total. The maximum Gasteiger partial charge on any atom is 0.323 e. The van der Waals surface area contributed by atoms with Crippen LogP contribution in [-0.2, 0) is 9.59 Å². The summed E-state index contributed by atoms with van der Waals surface area (Å²) in [6.07, 6.45) is 0. The van der Waals surface area contributed by atoms with Crippen molar-refractivity contribution in [2.45, 2.75) is 0 Å². The molecule has 0 fully saturated rings. The van der Waals surface area contributed by atoms with Crippen LogP contribution in [0.5, 0.6) is 0 Å². The third-order valence-electron chi connectivity index (χ3n) is 2.31. The molecule has 0 aromatic heterocycles. The van der Waals surface area contributed by atoms with Gasteiger partial charge in [0.25, 0.3) is 0 Å². The van der Waals surface area contributed by atoms with Crippen LogP contribution in [0.4, 0.5) is 15.8 Å². The monoisotopic (exact) mass is 258 g/mol. The highest BCUT2D eigenvalue weighted by Gasteiger charge is 2.25. The van der Waals surface area contributed by atoms with Gasteiger partial charge in [-0.3, -0.25) is 9.59 Å². The van der Waals surface area contributed by atoms with Gasteiger partial charge in [-0.1, -0.05) is 11.6 Å². The highest BCUT2D eigenvalue weighted by molar-refractivity contribution is 6.31. The molecule has 0 saturated heterocycles. The van der Waals surface area contributed by atoms with Gasteiger partial charge in [-0.2, -0.15) is 0 Å². The number of carbonyl (C=O) groups is 2. The Morgan fingerprint density at radius 3 is 2.94 bits per heavy atom. The molecule has 0 saturated carbocycles. The molecule has 1 heterocycles. The van der Waals surface area contributed by atoms with Crippen molar-refractivity contribution in [3.8, 4) is 0 Å². The van der Waals surface area contributed by atoms with Crippen LogP contribution in [0.2, 0.25) is 5.02 Å². The van der Waals surface area contributed by atoms with Crippen molar-refractivity contribution >= 4 is 34.9 Å². The molecule has 2 N–H and O–H groups in total. The summed E-state index contributed by atoms with van der Waals surface area (Å²) >= 11 is 5.62. The minimum atomic E-state index is -1.08. The average Bonchev–Trinajstić information content (AvgIpc) is 2.20. The fraction of sp³-hybridized carbons (Fsp3) is 0.200. The van der Waals surface area contributed by atoms with Gasteiger partial charge in [0.15, 0.2) is 0 Å². The van der Waals surface area contributed by atoms with Gasteiger partial charge in [0, 0.05) is 6.07 Å². The number of benzene rings is 1. The van der Waals surface area contributed by atoms with Gasteiger partial charge in [-0.15, -0.1) is 0 Å². The minimum Gasteiger partial charge on any atom is -0.480 e. The molecule has 0 spiro atoms. The summed E-state index contributed by atoms with van der Waals surface area (Å²) in [6.45, 7) is -0.441. The number of carboxylic acid groups (broad SMARTS) is 1. The first-order valence-corrected chi connectivity index (χ1v) is 5.11. The summed E-state index contributed by atoms with van der Waals surface area (Å²) in [5.41, 5.74) is 0.628. The minimum absolute atomic E-state index is 0.0960. The van der Waals surface area contributed by atoms with E-state index in [1.807, 2.05) is 0 Å². The van der Waals surface area contributed by atoms with Crippen molar-refractivity contribution < 1.29 is 19.1 Å². The number of fused-ring (bicyclic) bond motifs is 1. The molecule has 1 aliphatic heterocycles. The number of nitrogens with one attached hydrogen (secondary N) is 1. The first-order valence-electron chi connectivity index (χ1n) is 4.73. The molecule has 0 unspecified atom stereocenters. The summed E-state index contributed by atoms with van der Waals surface area (Å²) in [5, 5.41) is 11.1. The number of carboxylic acids is 1. The number of carbonyl (C=O) groups excluding carboxylic acids is 1. The SMILES string of the molecule is O=C(O)CN1CC(=O)Nc2cc(F)c(Cl)cc21. The van der Waals surface area contributed by atoms with Crippen LogP contribution in [0.3, 0.4) is 0 Å². The van der Waals surface area contributed by atoms with Gasteiger partial charge in [0.1, 0.15) is 12.4 Å². The van der Waals surface area contributed by atoms with Crippen molar-refractivity contribution in [1.82, 2.24) is 0 Å². The molecule has 7 heteroatoms. The molecule has 0 bridgehead atoms. The van der Waals surface area contributed by atoms with Crippen molar-refractivity contribution in [2.24, 2.45) is 0 Å². The zero-order chi connectivity index (χ0) is 12.6. The summed E-state index contributed by atoms with van der Waals surface area (Å²) in [5.74, 6) is -2.13. The Morgan fingerprint density at radius 2 is 2.29 bits per heavy atom. The van der Waals surface area contributed by atoms with Gasteiger partial charge in [-0.25, -0.2) is 4.39 Å². The Morgan fingerprint density at radius 1 is 1.59 bits per heavy atom. The van der Waals surface area contributed by atoms with Crippen LogP contribution in [0.15, 0.2) is 12.1 Å². The smallest absolute Gasteiger partial charge is 0.323 e. The van der Waals surface area contributed by atoms with E-state index in [1.54, 1.807) is 0 Å². The second-order valence-electron chi connectivity index (χ2n) is 3.58. The van der Waals surface area contributed by atoms with Crippen molar-refractivity contribution in [1.29, 1.82) is 0 Å². The number of anilines is 2. The van der Waals surface area contributed by atoms with Crippen molar-refractivity contribution in [2.75, 3.05) is 23.3 Å². The molecule has 1 aromatic rings. The number of aliphatic carboxylic acids is 1. The Kier molecular flexibility index (Phi) is 2.89. The lowest BCUT2D eigenvalue weighted by molar-refractivity contribution is -0.135. The molecule has 0 aliphatic carbocycles. The number of nitrogens with zero attached hydrogens (tertiary/aromatic N) is 1. The van der Waals surface area contributed by atoms with Gasteiger partial charge < -0.3 is 15.3 Å². The van der Waals surface area contributed by atoms with E-state index < -0.39 is 11.8 Å². The lowest BCUT2D eigenvalue weighted by atomic mass is 10.2. The predicted molar refractivity (Wildman–Crippen MR) is 59.9 cm³/mol. The van der Waals surface area contributed by atoms with Gasteiger partial charge >= 0.3 is 5.97 Å². The highest BCUT2D eigenvalue weighted by atomic mass is 35.5. The fourth-order valence-corrected chi connectivity index (χ4v) is 1.81. The number of hydrogen-bond acceptors (Lipinski definition) is 3. The van der Waals surface area contributed by atoms with Crippen LogP contribution < -0.4 is 10.2 Å². The third kappa shape index (κ3) is 2.31. The molecule has 0 atom stereocenters. The molecule has 2 rings (SSSR count). The zero-order valence-corrected chi connectivity index (χ0v) is 9.29. The predicted octanol–water partition coefficient (Wildman–Crippen LogP) is 1.32. The summed E-state index contributed by atoms with van der Waals surface area (Å²) in [6, 6.07) is 2.37. The third-order valence-corrected chi connectivity index (χ3v) is 2.60. The molecular formula is C10H8ClFN2O3. The molecule has 1 amide bonds. The van der Waals surface area contributed by atoms with E-state index in [9.17, 15) is 14.0 Å². The largest absolute Gasteiger partial charge is 0.480 e. The highest BCUT2D eigenvalue weighted by Crippen LogP contribution is 2.33. The van der Waals surface area contributed by atoms with E-state index in [4.69, 9.17) is 16.7 Å². The molecule has 17 heavy (non-hydrogen) atoms. The van der Waals surface area contributed by atoms with E-state index in [-0.39, 0.29) is 29.7 Å². The molecule has 90 valence electrons. The van der Waals surface area contributed by atoms with Crippen LogP contribution in [-0.4, -0.2) is 30.1 Å². The van der Waals surface area contributed by atoms with Gasteiger partial charge in [-0.05, 0) is 6.07 Å². The number of halogens is 2. The lowest BCUT2D eigenvalue weighted by Gasteiger charge is -2.29. The van der Waals surface area contributed by atoms with Crippen LogP contribution >= 0.6 is 11.6 Å². The van der Waals surface area contributed by atoms with E-state index in [0.717, 1.165) is 6.07 Å². The van der Waals surface area contributed by atoms with E-state index in [2.05, 4.69) is 5.32 Å². The maximum atomic E-state index is 13.2. The second-order valence-corrected chi connectivity index (χ2v) is 3.99. The Labute approximate surface area is 101 Å². The lowest BCUT2D eigenvalue weighted by Crippen LogP contribution is -2.41. The normalized spacial score (nSPS) is 14.2. The van der Waals surface area contributed by atoms with E-state index in [1.165, 1.54) is 11.0 Å². The van der Waals surface area contributed by atoms with Crippen molar-refractivity contribution in [3.63, 3.8) is 0 Å². The fourth-order valence-electron chi connectivity index (χ4n) is 1.65. The van der Waals surface area contributed by atoms with Crippen LogP contribution in [0, 0.1) is 5.82 Å². The number of amides is 1. The van der Waals surface area contributed by atoms with E-state index >= 15 is 0 Å². The maximum absolute atomic E-state index is 13.2. The molecule has 1 aliphatic rings. The molecular weight excluding hydrogens is 251 g/mol. The standard InChI is InChI=1S/C10H8ClFN2O3/c11-5-1-8-7(2-6(5)12)13-9(15)3-14(8)4-10(16)17/h1-2H,3-4H2,(H,13,15)(H,16,17). The Hall–Kier alpha value is -1.82. The van der Waals surface area contributed by atoms with Crippen LogP contribution in [0.1, 0.15) is 0 Å². The van der Waals surface area contributed by atoms with Crippen molar-refractivity contribution in [3.05, 3.63) is 23.0 Å². The summed E-state index contributed by atoms with van der Waals surface area (Å²) in [7, 11) is 0. The second kappa shape index (κ2) is 4.21. The van der Waals surface area contributed by atoms with Gasteiger partial charge in [0.2, 0.25) is 5.91 Å². The summed E-state index contributed by atoms with van der Waals surface area (Å²) < 4.78 is 13.2. The first kappa shape index (κ1) is 11.7. The van der Waals surface area contributed by atoms with Crippen LogP contribution in [0.25, 0.3) is 0 Å². The molecule has 0 radical (unpaired) electrons. The first-order chi connectivity index (χ1) is 7.97. The topological polar surface area (TPSA) is 69.6 Å². The average molecular weight is 259 g/mol. The summed E-state index contributed by atoms with van der Waals surface area (Å²) in [4.78, 5) is 23.3. The Balaban J connectivity index is 2.44. The number of rotatable bonds is 2. The molecule has 1 aromatic carbocycles. The zero-order valence-electron chi connectivity index (χ0n) is 8.54. The number of hydrogen-bond donors (Lipinski definition) is 2. The van der Waals surface area contributed by atoms with E-state index in [0.29, 0.717) is 5.69 Å². The Bertz CT molecular complexity index is 507. The van der Waals surface area contributed by atoms with Gasteiger partial charge in [0.05, 0.1) is 22.9 Å². The quantitative estimate of drug-likeness (QED) is 0.839.